The van der Waals surface area contributed by atoms with E-state index >= 15 is 0 Å². The quantitative estimate of drug-likeness (QED) is 0.574. The van der Waals surface area contributed by atoms with Crippen LogP contribution in [0.1, 0.15) is 50.3 Å². The highest BCUT2D eigenvalue weighted by Crippen LogP contribution is 2.39. The van der Waals surface area contributed by atoms with Gasteiger partial charge in [0.1, 0.15) is 11.5 Å². The zero-order chi connectivity index (χ0) is 19.6. The SMILES string of the molecule is COc1ccccc1-c1cccc(C(C)c2cccc(C(C)(C)C)c2O)c1. The maximum Gasteiger partial charge on any atom is 0.126 e. The van der Waals surface area contributed by atoms with Gasteiger partial charge in [-0.15, -0.1) is 0 Å². The van der Waals surface area contributed by atoms with Crippen molar-refractivity contribution in [3.63, 3.8) is 0 Å². The van der Waals surface area contributed by atoms with E-state index in [1.165, 1.54) is 5.56 Å². The van der Waals surface area contributed by atoms with Crippen molar-refractivity contribution in [3.8, 4) is 22.6 Å². The van der Waals surface area contributed by atoms with Gasteiger partial charge in [-0.1, -0.05) is 88.4 Å². The first-order valence-electron chi connectivity index (χ1n) is 9.38. The minimum atomic E-state index is -0.0981. The summed E-state index contributed by atoms with van der Waals surface area (Å²) in [5, 5.41) is 10.9. The summed E-state index contributed by atoms with van der Waals surface area (Å²) in [5.74, 6) is 1.35. The van der Waals surface area contributed by atoms with Gasteiger partial charge in [0.15, 0.2) is 0 Å². The van der Waals surface area contributed by atoms with E-state index in [9.17, 15) is 5.11 Å². The van der Waals surface area contributed by atoms with Gasteiger partial charge in [0.2, 0.25) is 0 Å². The van der Waals surface area contributed by atoms with Crippen LogP contribution in [0.15, 0.2) is 66.7 Å². The average molecular weight is 360 g/mol. The number of ether oxygens (including phenoxy) is 1. The molecule has 0 heterocycles. The number of phenols is 1. The van der Waals surface area contributed by atoms with Gasteiger partial charge >= 0.3 is 0 Å². The van der Waals surface area contributed by atoms with Gasteiger partial charge in [-0.3, -0.25) is 0 Å². The predicted molar refractivity (Wildman–Crippen MR) is 113 cm³/mol. The number of methoxy groups -OCH3 is 1. The van der Waals surface area contributed by atoms with Crippen molar-refractivity contribution in [1.82, 2.24) is 0 Å². The van der Waals surface area contributed by atoms with Crippen LogP contribution in [0.4, 0.5) is 0 Å². The first-order chi connectivity index (χ1) is 12.8. The molecule has 3 aromatic carbocycles. The second-order valence-electron chi connectivity index (χ2n) is 8.04. The highest BCUT2D eigenvalue weighted by atomic mass is 16.5. The third-order valence-electron chi connectivity index (χ3n) is 5.15. The minimum Gasteiger partial charge on any atom is -0.507 e. The number of hydrogen-bond acceptors (Lipinski definition) is 2. The Labute approximate surface area is 162 Å². The lowest BCUT2D eigenvalue weighted by Crippen LogP contribution is -2.12. The monoisotopic (exact) mass is 360 g/mol. The van der Waals surface area contributed by atoms with Crippen molar-refractivity contribution in [2.75, 3.05) is 7.11 Å². The Hall–Kier alpha value is -2.74. The third kappa shape index (κ3) is 3.85. The maximum atomic E-state index is 10.9. The van der Waals surface area contributed by atoms with E-state index in [4.69, 9.17) is 4.74 Å². The average Bonchev–Trinajstić information content (AvgIpc) is 2.66. The lowest BCUT2D eigenvalue weighted by molar-refractivity contribution is 0.416. The van der Waals surface area contributed by atoms with Crippen LogP contribution in [-0.4, -0.2) is 12.2 Å². The molecule has 0 spiro atoms. The molecule has 0 aliphatic rings. The van der Waals surface area contributed by atoms with Crippen molar-refractivity contribution >= 4 is 0 Å². The zero-order valence-electron chi connectivity index (χ0n) is 16.8. The van der Waals surface area contributed by atoms with Crippen molar-refractivity contribution in [2.45, 2.75) is 39.0 Å². The first kappa shape index (κ1) is 19.0. The Morgan fingerprint density at radius 3 is 2.30 bits per heavy atom. The normalized spacial score (nSPS) is 12.6. The van der Waals surface area contributed by atoms with Crippen LogP contribution >= 0.6 is 0 Å². The molecule has 0 aromatic heterocycles. The molecule has 3 rings (SSSR count). The second kappa shape index (κ2) is 7.48. The predicted octanol–water partition coefficient (Wildman–Crippen LogP) is 6.52. The number of rotatable bonds is 4. The molecular formula is C25H28O2. The van der Waals surface area contributed by atoms with Gasteiger partial charge in [-0.2, -0.15) is 0 Å². The summed E-state index contributed by atoms with van der Waals surface area (Å²) in [5.41, 5.74) is 5.19. The third-order valence-corrected chi connectivity index (χ3v) is 5.15. The lowest BCUT2D eigenvalue weighted by atomic mass is 9.82. The smallest absolute Gasteiger partial charge is 0.126 e. The van der Waals surface area contributed by atoms with E-state index in [1.54, 1.807) is 7.11 Å². The van der Waals surface area contributed by atoms with E-state index in [0.717, 1.165) is 28.0 Å². The van der Waals surface area contributed by atoms with Gasteiger partial charge in [-0.05, 0) is 28.2 Å². The van der Waals surface area contributed by atoms with Gasteiger partial charge in [0.05, 0.1) is 7.11 Å². The molecule has 0 saturated carbocycles. The largest absolute Gasteiger partial charge is 0.507 e. The van der Waals surface area contributed by atoms with Crippen LogP contribution < -0.4 is 4.74 Å². The maximum absolute atomic E-state index is 10.9. The molecular weight excluding hydrogens is 332 g/mol. The van der Waals surface area contributed by atoms with Crippen molar-refractivity contribution in [2.24, 2.45) is 0 Å². The zero-order valence-corrected chi connectivity index (χ0v) is 16.8. The van der Waals surface area contributed by atoms with Gasteiger partial charge < -0.3 is 9.84 Å². The molecule has 0 fully saturated rings. The summed E-state index contributed by atoms with van der Waals surface area (Å²) in [6.45, 7) is 8.51. The molecule has 0 saturated heterocycles. The molecule has 2 heteroatoms. The molecule has 1 unspecified atom stereocenters. The van der Waals surface area contributed by atoms with E-state index in [1.807, 2.05) is 36.4 Å². The molecule has 0 radical (unpaired) electrons. The van der Waals surface area contributed by atoms with E-state index in [-0.39, 0.29) is 11.3 Å². The molecule has 0 aliphatic carbocycles. The molecule has 1 N–H and O–H groups in total. The molecule has 3 aromatic rings. The minimum absolute atomic E-state index is 0.0851. The number of para-hydroxylation sites is 2. The van der Waals surface area contributed by atoms with Crippen molar-refractivity contribution in [3.05, 3.63) is 83.4 Å². The summed E-state index contributed by atoms with van der Waals surface area (Å²) in [4.78, 5) is 0. The molecule has 0 amide bonds. The van der Waals surface area contributed by atoms with Crippen molar-refractivity contribution in [1.29, 1.82) is 0 Å². The molecule has 0 bridgehead atoms. The molecule has 2 nitrogen and oxygen atoms in total. The summed E-state index contributed by atoms with van der Waals surface area (Å²) < 4.78 is 5.52. The summed E-state index contributed by atoms with van der Waals surface area (Å²) >= 11 is 0. The van der Waals surface area contributed by atoms with Crippen LogP contribution in [0, 0.1) is 0 Å². The highest BCUT2D eigenvalue weighted by molar-refractivity contribution is 5.71. The molecule has 27 heavy (non-hydrogen) atoms. The summed E-state index contributed by atoms with van der Waals surface area (Å²) in [7, 11) is 1.70. The first-order valence-corrected chi connectivity index (χ1v) is 9.38. The van der Waals surface area contributed by atoms with Crippen LogP contribution in [0.5, 0.6) is 11.5 Å². The number of aromatic hydroxyl groups is 1. The summed E-state index contributed by atoms with van der Waals surface area (Å²) in [6.07, 6.45) is 0. The fourth-order valence-corrected chi connectivity index (χ4v) is 3.55. The Morgan fingerprint density at radius 2 is 1.59 bits per heavy atom. The van der Waals surface area contributed by atoms with Crippen LogP contribution in [0.25, 0.3) is 11.1 Å². The second-order valence-corrected chi connectivity index (χ2v) is 8.04. The standard InChI is InChI=1S/C25H28O2/c1-17(20-13-9-14-22(24(20)26)25(2,3)4)18-10-8-11-19(16-18)21-12-6-7-15-23(21)27-5/h6-17,26H,1-5H3. The Morgan fingerprint density at radius 1 is 0.889 bits per heavy atom. The fraction of sp³-hybridized carbons (Fsp3) is 0.280. The Bertz CT molecular complexity index is 935. The summed E-state index contributed by atoms with van der Waals surface area (Å²) in [6, 6.07) is 22.6. The van der Waals surface area contributed by atoms with Gasteiger partial charge in [0, 0.05) is 17.0 Å². The fourth-order valence-electron chi connectivity index (χ4n) is 3.55. The van der Waals surface area contributed by atoms with Crippen LogP contribution in [0.2, 0.25) is 0 Å². The number of benzene rings is 3. The number of phenolic OH excluding ortho intramolecular Hbond substituents is 1. The van der Waals surface area contributed by atoms with Crippen LogP contribution in [-0.2, 0) is 5.41 Å². The Balaban J connectivity index is 2.04. The van der Waals surface area contributed by atoms with E-state index < -0.39 is 0 Å². The number of hydrogen-bond donors (Lipinski definition) is 1. The van der Waals surface area contributed by atoms with Crippen LogP contribution in [0.3, 0.4) is 0 Å². The van der Waals surface area contributed by atoms with Gasteiger partial charge in [0.25, 0.3) is 0 Å². The van der Waals surface area contributed by atoms with E-state index in [2.05, 4.69) is 58.0 Å². The molecule has 140 valence electrons. The molecule has 1 atom stereocenters. The molecule has 0 aliphatic heterocycles. The highest BCUT2D eigenvalue weighted by Gasteiger charge is 2.22. The van der Waals surface area contributed by atoms with Crippen molar-refractivity contribution < 1.29 is 9.84 Å². The lowest BCUT2D eigenvalue weighted by Gasteiger charge is -2.24. The van der Waals surface area contributed by atoms with Gasteiger partial charge in [-0.25, -0.2) is 0 Å². The Kier molecular flexibility index (Phi) is 5.27. The topological polar surface area (TPSA) is 29.5 Å². The van der Waals surface area contributed by atoms with E-state index in [0.29, 0.717) is 5.75 Å².